The van der Waals surface area contributed by atoms with Gasteiger partial charge in [-0.2, -0.15) is 0 Å². The first kappa shape index (κ1) is 16.6. The van der Waals surface area contributed by atoms with Crippen molar-refractivity contribution in [3.8, 4) is 5.75 Å². The van der Waals surface area contributed by atoms with E-state index in [1.807, 2.05) is 32.9 Å². The summed E-state index contributed by atoms with van der Waals surface area (Å²) in [5, 5.41) is 1.78. The average Bonchev–Trinajstić information content (AvgIpc) is 2.47. The van der Waals surface area contributed by atoms with Gasteiger partial charge < -0.3 is 15.3 Å². The van der Waals surface area contributed by atoms with E-state index in [9.17, 15) is 4.79 Å². The molecule has 0 atom stereocenters. The Morgan fingerprint density at radius 3 is 2.45 bits per heavy atom. The molecule has 0 saturated carbocycles. The van der Waals surface area contributed by atoms with E-state index >= 15 is 0 Å². The molecule has 0 bridgehead atoms. The molecule has 1 saturated heterocycles. The molecule has 1 aliphatic rings. The van der Waals surface area contributed by atoms with Crippen LogP contribution in [0.15, 0.2) is 18.2 Å². The highest BCUT2D eigenvalue weighted by molar-refractivity contribution is 5.75. The molecule has 0 spiro atoms. The molecule has 1 heterocycles. The van der Waals surface area contributed by atoms with Crippen LogP contribution in [0.25, 0.3) is 0 Å². The van der Waals surface area contributed by atoms with Crippen LogP contribution in [0, 0.1) is 5.41 Å². The van der Waals surface area contributed by atoms with E-state index in [2.05, 4.69) is 6.07 Å². The van der Waals surface area contributed by atoms with Crippen molar-refractivity contribution in [2.24, 2.45) is 5.41 Å². The zero-order chi connectivity index (χ0) is 16.3. The molecule has 2 N–H and O–H groups in total. The quantitative estimate of drug-likeness (QED) is 0.870. The van der Waals surface area contributed by atoms with Gasteiger partial charge in [0.15, 0.2) is 0 Å². The third-order valence-corrected chi connectivity index (χ3v) is 4.01. The minimum absolute atomic E-state index is 0.180. The van der Waals surface area contributed by atoms with Gasteiger partial charge in [0.1, 0.15) is 5.75 Å². The summed E-state index contributed by atoms with van der Waals surface area (Å²) in [5.41, 5.74) is 7.27. The molecule has 1 aromatic rings. The Bertz CT molecular complexity index is 529. The zero-order valence-electron chi connectivity index (χ0n) is 13.9. The number of piperidine rings is 1. The van der Waals surface area contributed by atoms with Crippen LogP contribution in [0.4, 0.5) is 5.69 Å². The number of nitrogens with two attached hydrogens (primary N) is 1. The van der Waals surface area contributed by atoms with E-state index < -0.39 is 5.41 Å². The Morgan fingerprint density at radius 1 is 1.27 bits per heavy atom. The molecule has 2 rings (SSSR count). The number of ether oxygens (including phenoxy) is 1. The third-order valence-electron chi connectivity index (χ3n) is 4.01. The lowest BCUT2D eigenvalue weighted by Crippen LogP contribution is -2.38. The molecule has 0 unspecified atom stereocenters. The first-order chi connectivity index (χ1) is 10.3. The Hall–Kier alpha value is -1.75. The van der Waals surface area contributed by atoms with Gasteiger partial charge in [-0.05, 0) is 57.2 Å². The highest BCUT2D eigenvalue weighted by atomic mass is 16.7. The van der Waals surface area contributed by atoms with Crippen LogP contribution in [0.2, 0.25) is 0 Å². The Morgan fingerprint density at radius 2 is 1.91 bits per heavy atom. The van der Waals surface area contributed by atoms with Crippen molar-refractivity contribution in [2.75, 3.05) is 25.9 Å². The maximum Gasteiger partial charge on any atom is 0.330 e. The van der Waals surface area contributed by atoms with E-state index in [4.69, 9.17) is 15.3 Å². The molecule has 122 valence electrons. The zero-order valence-corrected chi connectivity index (χ0v) is 13.9. The summed E-state index contributed by atoms with van der Waals surface area (Å²) >= 11 is 0. The Kier molecular flexibility index (Phi) is 4.96. The van der Waals surface area contributed by atoms with E-state index in [-0.39, 0.29) is 5.97 Å². The number of anilines is 1. The molecular weight excluding hydrogens is 280 g/mol. The lowest BCUT2D eigenvalue weighted by molar-refractivity contribution is -0.204. The topological polar surface area (TPSA) is 64.8 Å². The molecule has 0 aromatic heterocycles. The number of hydrogen-bond acceptors (Lipinski definition) is 5. The van der Waals surface area contributed by atoms with Crippen molar-refractivity contribution < 1.29 is 14.4 Å². The summed E-state index contributed by atoms with van der Waals surface area (Å²) in [6, 6.07) is 5.95. The van der Waals surface area contributed by atoms with Gasteiger partial charge in [-0.1, -0.05) is 6.07 Å². The largest absolute Gasteiger partial charge is 0.495 e. The highest BCUT2D eigenvalue weighted by Gasteiger charge is 2.28. The number of nitrogens with zero attached hydrogens (tertiary/aromatic N) is 1. The first-order valence-corrected chi connectivity index (χ1v) is 7.72. The van der Waals surface area contributed by atoms with Gasteiger partial charge in [-0.3, -0.25) is 0 Å². The number of carbonyl (C=O) groups excluding carboxylic acids is 1. The normalized spacial score (nSPS) is 17.3. The molecule has 5 nitrogen and oxygen atoms in total. The molecule has 1 aromatic carbocycles. The van der Waals surface area contributed by atoms with Gasteiger partial charge in [0.25, 0.3) is 0 Å². The fraction of sp³-hybridized carbons (Fsp3) is 0.588. The second-order valence-corrected chi connectivity index (χ2v) is 6.83. The lowest BCUT2D eigenvalue weighted by Gasteiger charge is -2.32. The minimum Gasteiger partial charge on any atom is -0.495 e. The van der Waals surface area contributed by atoms with Crippen LogP contribution < -0.4 is 10.5 Å². The maximum absolute atomic E-state index is 11.9. The predicted molar refractivity (Wildman–Crippen MR) is 86.5 cm³/mol. The van der Waals surface area contributed by atoms with Crippen LogP contribution >= 0.6 is 0 Å². The van der Waals surface area contributed by atoms with Gasteiger partial charge in [-0.25, -0.2) is 4.79 Å². The van der Waals surface area contributed by atoms with Gasteiger partial charge in [0.05, 0.1) is 18.2 Å². The van der Waals surface area contributed by atoms with Crippen molar-refractivity contribution >= 4 is 11.7 Å². The van der Waals surface area contributed by atoms with Crippen molar-refractivity contribution in [3.63, 3.8) is 0 Å². The number of hydroxylamine groups is 2. The van der Waals surface area contributed by atoms with E-state index in [0.29, 0.717) is 11.6 Å². The summed E-state index contributed by atoms with van der Waals surface area (Å²) in [6.45, 7) is 7.09. The number of hydrogen-bond donors (Lipinski definition) is 1. The van der Waals surface area contributed by atoms with Crippen molar-refractivity contribution in [3.05, 3.63) is 23.8 Å². The van der Waals surface area contributed by atoms with Gasteiger partial charge in [-0.15, -0.1) is 5.06 Å². The van der Waals surface area contributed by atoms with Crippen LogP contribution in [-0.2, 0) is 9.63 Å². The number of nitrogen functional groups attached to an aromatic ring is 1. The second-order valence-electron chi connectivity index (χ2n) is 6.83. The summed E-state index contributed by atoms with van der Waals surface area (Å²) in [4.78, 5) is 17.4. The molecule has 0 aliphatic carbocycles. The van der Waals surface area contributed by atoms with E-state index in [1.165, 1.54) is 5.56 Å². The minimum atomic E-state index is -0.471. The van der Waals surface area contributed by atoms with E-state index in [0.717, 1.165) is 31.7 Å². The highest BCUT2D eigenvalue weighted by Crippen LogP contribution is 2.33. The van der Waals surface area contributed by atoms with Crippen molar-refractivity contribution in [1.29, 1.82) is 0 Å². The van der Waals surface area contributed by atoms with Crippen LogP contribution in [0.5, 0.6) is 5.75 Å². The monoisotopic (exact) mass is 306 g/mol. The van der Waals surface area contributed by atoms with Crippen LogP contribution in [0.1, 0.15) is 45.1 Å². The first-order valence-electron chi connectivity index (χ1n) is 7.72. The lowest BCUT2D eigenvalue weighted by atomic mass is 9.90. The fourth-order valence-electron chi connectivity index (χ4n) is 2.52. The number of methoxy groups -OCH3 is 1. The maximum atomic E-state index is 11.9. The summed E-state index contributed by atoms with van der Waals surface area (Å²) < 4.78 is 5.28. The predicted octanol–water partition coefficient (Wildman–Crippen LogP) is 2.96. The van der Waals surface area contributed by atoms with Crippen molar-refractivity contribution in [1.82, 2.24) is 5.06 Å². The Balaban J connectivity index is 1.93. The smallest absolute Gasteiger partial charge is 0.330 e. The number of carbonyl (C=O) groups is 1. The molecule has 22 heavy (non-hydrogen) atoms. The second kappa shape index (κ2) is 6.57. The SMILES string of the molecule is COc1cc(C2CCN(OC(=O)C(C)(C)C)CC2)ccc1N. The van der Waals surface area contributed by atoms with Crippen LogP contribution in [0.3, 0.4) is 0 Å². The van der Waals surface area contributed by atoms with Gasteiger partial charge in [0, 0.05) is 13.1 Å². The number of rotatable bonds is 3. The standard InChI is InChI=1S/C17H26N2O3/c1-17(2,3)16(20)22-19-9-7-12(8-10-19)13-5-6-14(18)15(11-13)21-4/h5-6,11-12H,7-10,18H2,1-4H3. The van der Waals surface area contributed by atoms with Crippen LogP contribution in [-0.4, -0.2) is 31.2 Å². The molecular formula is C17H26N2O3. The molecule has 5 heteroatoms. The van der Waals surface area contributed by atoms with Crippen molar-refractivity contribution in [2.45, 2.75) is 39.5 Å². The number of benzene rings is 1. The fourth-order valence-corrected chi connectivity index (χ4v) is 2.52. The average molecular weight is 306 g/mol. The molecule has 0 radical (unpaired) electrons. The van der Waals surface area contributed by atoms with Gasteiger partial charge >= 0.3 is 5.97 Å². The molecule has 1 aliphatic heterocycles. The molecule has 1 fully saturated rings. The summed E-state index contributed by atoms with van der Waals surface area (Å²) in [5.74, 6) is 0.985. The van der Waals surface area contributed by atoms with E-state index in [1.54, 1.807) is 12.2 Å². The van der Waals surface area contributed by atoms with Gasteiger partial charge in [0.2, 0.25) is 0 Å². The molecule has 0 amide bonds. The summed E-state index contributed by atoms with van der Waals surface area (Å²) in [7, 11) is 1.63. The summed E-state index contributed by atoms with van der Waals surface area (Å²) in [6.07, 6.45) is 1.90. The third kappa shape index (κ3) is 3.91. The Labute approximate surface area is 132 Å².